The highest BCUT2D eigenvalue weighted by atomic mass is 16.2. The van der Waals surface area contributed by atoms with E-state index in [0.717, 1.165) is 36.9 Å². The Balaban J connectivity index is 1.92. The van der Waals surface area contributed by atoms with Crippen molar-refractivity contribution in [3.63, 3.8) is 0 Å². The van der Waals surface area contributed by atoms with Crippen LogP contribution in [0.15, 0.2) is 30.3 Å². The minimum atomic E-state index is -0.552. The molecule has 0 fully saturated rings. The van der Waals surface area contributed by atoms with Crippen LogP contribution in [0.5, 0.6) is 0 Å². The van der Waals surface area contributed by atoms with Crippen LogP contribution in [-0.2, 0) is 19.9 Å². The molecule has 2 aromatic rings. The van der Waals surface area contributed by atoms with Crippen LogP contribution in [0.2, 0.25) is 0 Å². The summed E-state index contributed by atoms with van der Waals surface area (Å²) < 4.78 is 1.67. The van der Waals surface area contributed by atoms with Gasteiger partial charge in [-0.15, -0.1) is 0 Å². The van der Waals surface area contributed by atoms with Gasteiger partial charge in [0, 0.05) is 12.6 Å². The third-order valence-electron chi connectivity index (χ3n) is 3.57. The minimum Gasteiger partial charge on any atom is -0.351 e. The Labute approximate surface area is 125 Å². The van der Waals surface area contributed by atoms with E-state index in [-0.39, 0.29) is 0 Å². The average molecular weight is 286 g/mol. The number of primary amides is 1. The van der Waals surface area contributed by atoms with Crippen LogP contribution >= 0.6 is 0 Å². The van der Waals surface area contributed by atoms with Crippen molar-refractivity contribution in [3.05, 3.63) is 47.2 Å². The Kier molecular flexibility index (Phi) is 4.98. The van der Waals surface area contributed by atoms with Gasteiger partial charge in [-0.3, -0.25) is 10.00 Å². The molecule has 3 N–H and O–H groups in total. The van der Waals surface area contributed by atoms with E-state index < -0.39 is 6.03 Å². The number of benzene rings is 1. The van der Waals surface area contributed by atoms with Gasteiger partial charge in [0.05, 0.1) is 5.69 Å². The standard InChI is InChI=1S/C16H22N4O/c1-12-14(15(18-16(17)21)20(2)19-12)11-7-6-10-13-8-4-3-5-9-13/h3-5,8-9H,6-7,10-11H2,1-2H3,(H3,17,18,21). The number of amides is 2. The van der Waals surface area contributed by atoms with Gasteiger partial charge < -0.3 is 5.73 Å². The number of unbranched alkanes of at least 4 members (excludes halogenated alkanes) is 1. The Morgan fingerprint density at radius 2 is 1.90 bits per heavy atom. The van der Waals surface area contributed by atoms with Gasteiger partial charge in [-0.05, 0) is 38.2 Å². The predicted molar refractivity (Wildman–Crippen MR) is 84.2 cm³/mol. The van der Waals surface area contributed by atoms with Crippen molar-refractivity contribution in [1.82, 2.24) is 9.78 Å². The van der Waals surface area contributed by atoms with E-state index >= 15 is 0 Å². The highest BCUT2D eigenvalue weighted by Crippen LogP contribution is 2.21. The van der Waals surface area contributed by atoms with Crippen LogP contribution in [0.4, 0.5) is 10.6 Å². The molecule has 0 aliphatic heterocycles. The van der Waals surface area contributed by atoms with E-state index in [4.69, 9.17) is 5.73 Å². The van der Waals surface area contributed by atoms with E-state index in [9.17, 15) is 4.79 Å². The number of nitrogens with two attached hydrogens (primary N) is 1. The normalized spacial score (nSPS) is 10.6. The second-order valence-corrected chi connectivity index (χ2v) is 5.22. The summed E-state index contributed by atoms with van der Waals surface area (Å²) in [4.78, 5) is 11.1. The van der Waals surface area contributed by atoms with Crippen molar-refractivity contribution in [2.45, 2.75) is 32.6 Å². The number of hydrogen-bond acceptors (Lipinski definition) is 2. The summed E-state index contributed by atoms with van der Waals surface area (Å²) in [5, 5.41) is 7.01. The minimum absolute atomic E-state index is 0.552. The fourth-order valence-corrected chi connectivity index (χ4v) is 2.55. The number of nitrogens with zero attached hydrogens (tertiary/aromatic N) is 2. The lowest BCUT2D eigenvalue weighted by atomic mass is 10.0. The van der Waals surface area contributed by atoms with Gasteiger partial charge in [0.2, 0.25) is 0 Å². The van der Waals surface area contributed by atoms with Crippen molar-refractivity contribution >= 4 is 11.8 Å². The highest BCUT2D eigenvalue weighted by molar-refractivity contribution is 5.87. The maximum atomic E-state index is 11.1. The molecule has 0 saturated heterocycles. The molecule has 0 unspecified atom stereocenters. The van der Waals surface area contributed by atoms with Crippen LogP contribution in [0.3, 0.4) is 0 Å². The van der Waals surface area contributed by atoms with Gasteiger partial charge in [-0.2, -0.15) is 5.10 Å². The topological polar surface area (TPSA) is 72.9 Å². The Bertz CT molecular complexity index is 604. The molecule has 5 nitrogen and oxygen atoms in total. The number of hydrogen-bond donors (Lipinski definition) is 2. The molecular formula is C16H22N4O. The average Bonchev–Trinajstić information content (AvgIpc) is 2.70. The maximum absolute atomic E-state index is 11.1. The number of anilines is 1. The summed E-state index contributed by atoms with van der Waals surface area (Å²) in [6, 6.07) is 9.91. The molecule has 5 heteroatoms. The van der Waals surface area contributed by atoms with E-state index in [1.807, 2.05) is 20.0 Å². The molecule has 2 rings (SSSR count). The van der Waals surface area contributed by atoms with Gasteiger partial charge in [0.1, 0.15) is 5.82 Å². The van der Waals surface area contributed by atoms with E-state index in [1.54, 1.807) is 4.68 Å². The zero-order valence-electron chi connectivity index (χ0n) is 12.6. The number of nitrogens with one attached hydrogen (secondary N) is 1. The molecule has 0 bridgehead atoms. The predicted octanol–water partition coefficient (Wildman–Crippen LogP) is 2.78. The largest absolute Gasteiger partial charge is 0.351 e. The first-order valence-corrected chi connectivity index (χ1v) is 7.21. The van der Waals surface area contributed by atoms with Gasteiger partial charge in [0.25, 0.3) is 0 Å². The van der Waals surface area contributed by atoms with Crippen molar-refractivity contribution in [2.24, 2.45) is 12.8 Å². The summed E-state index contributed by atoms with van der Waals surface area (Å²) >= 11 is 0. The lowest BCUT2D eigenvalue weighted by Crippen LogP contribution is -2.21. The summed E-state index contributed by atoms with van der Waals surface area (Å²) in [7, 11) is 1.81. The first-order chi connectivity index (χ1) is 10.1. The van der Waals surface area contributed by atoms with Gasteiger partial charge >= 0.3 is 6.03 Å². The second kappa shape index (κ2) is 6.92. The molecule has 0 saturated carbocycles. The number of urea groups is 1. The van der Waals surface area contributed by atoms with E-state index in [0.29, 0.717) is 5.82 Å². The number of rotatable bonds is 6. The monoisotopic (exact) mass is 286 g/mol. The van der Waals surface area contributed by atoms with Gasteiger partial charge in [-0.1, -0.05) is 30.3 Å². The number of carbonyl (C=O) groups excluding carboxylic acids is 1. The second-order valence-electron chi connectivity index (χ2n) is 5.22. The molecule has 1 heterocycles. The van der Waals surface area contributed by atoms with Crippen LogP contribution in [-0.4, -0.2) is 15.8 Å². The highest BCUT2D eigenvalue weighted by Gasteiger charge is 2.13. The molecule has 0 spiro atoms. The maximum Gasteiger partial charge on any atom is 0.317 e. The number of aryl methyl sites for hydroxylation is 3. The fourth-order valence-electron chi connectivity index (χ4n) is 2.55. The molecule has 0 aliphatic carbocycles. The molecule has 0 radical (unpaired) electrons. The molecule has 0 atom stereocenters. The van der Waals surface area contributed by atoms with Crippen LogP contribution < -0.4 is 11.1 Å². The third-order valence-corrected chi connectivity index (χ3v) is 3.57. The quantitative estimate of drug-likeness (QED) is 0.801. The lowest BCUT2D eigenvalue weighted by molar-refractivity contribution is 0.259. The van der Waals surface area contributed by atoms with Gasteiger partial charge in [-0.25, -0.2) is 4.79 Å². The van der Waals surface area contributed by atoms with Crippen LogP contribution in [0, 0.1) is 6.92 Å². The van der Waals surface area contributed by atoms with Crippen LogP contribution in [0.1, 0.15) is 29.7 Å². The SMILES string of the molecule is Cc1nn(C)c(NC(N)=O)c1CCCCc1ccccc1. The summed E-state index contributed by atoms with van der Waals surface area (Å²) in [5.74, 6) is 0.708. The molecule has 112 valence electrons. The summed E-state index contributed by atoms with van der Waals surface area (Å²) in [6.45, 7) is 1.96. The van der Waals surface area contributed by atoms with Crippen molar-refractivity contribution in [1.29, 1.82) is 0 Å². The summed E-state index contributed by atoms with van der Waals surface area (Å²) in [5.41, 5.74) is 8.59. The van der Waals surface area contributed by atoms with Crippen molar-refractivity contribution in [3.8, 4) is 0 Å². The fraction of sp³-hybridized carbons (Fsp3) is 0.375. The molecule has 1 aromatic heterocycles. The zero-order valence-corrected chi connectivity index (χ0v) is 12.6. The molecule has 0 aliphatic rings. The molecule has 1 aromatic carbocycles. The van der Waals surface area contributed by atoms with Crippen molar-refractivity contribution in [2.75, 3.05) is 5.32 Å². The van der Waals surface area contributed by atoms with E-state index in [1.165, 1.54) is 5.56 Å². The Hall–Kier alpha value is -2.30. The van der Waals surface area contributed by atoms with Crippen LogP contribution in [0.25, 0.3) is 0 Å². The third kappa shape index (κ3) is 4.08. The number of aromatic nitrogens is 2. The van der Waals surface area contributed by atoms with Gasteiger partial charge in [0.15, 0.2) is 0 Å². The first kappa shape index (κ1) is 15.1. The zero-order chi connectivity index (χ0) is 15.2. The molecule has 21 heavy (non-hydrogen) atoms. The Morgan fingerprint density at radius 3 is 2.57 bits per heavy atom. The lowest BCUT2D eigenvalue weighted by Gasteiger charge is -2.07. The molecular weight excluding hydrogens is 264 g/mol. The summed E-state index contributed by atoms with van der Waals surface area (Å²) in [6.07, 6.45) is 4.12. The molecule has 2 amide bonds. The van der Waals surface area contributed by atoms with Crippen molar-refractivity contribution < 1.29 is 4.79 Å². The smallest absolute Gasteiger partial charge is 0.317 e. The number of carbonyl (C=O) groups is 1. The Morgan fingerprint density at radius 1 is 1.24 bits per heavy atom. The first-order valence-electron chi connectivity index (χ1n) is 7.21. The van der Waals surface area contributed by atoms with E-state index in [2.05, 4.69) is 34.7 Å².